The quantitative estimate of drug-likeness (QED) is 0.808. The number of rotatable bonds is 7. The van der Waals surface area contributed by atoms with E-state index < -0.39 is 5.91 Å². The molecule has 25 heavy (non-hydrogen) atoms. The van der Waals surface area contributed by atoms with Gasteiger partial charge in [0.2, 0.25) is 5.91 Å². The number of imidazole rings is 1. The Morgan fingerprint density at radius 3 is 2.96 bits per heavy atom. The van der Waals surface area contributed by atoms with Gasteiger partial charge in [0.05, 0.1) is 6.04 Å². The van der Waals surface area contributed by atoms with E-state index >= 15 is 0 Å². The van der Waals surface area contributed by atoms with Crippen LogP contribution in [0.3, 0.4) is 0 Å². The minimum Gasteiger partial charge on any atom is -0.381 e. The lowest BCUT2D eigenvalue weighted by Crippen LogP contribution is -2.34. The largest absolute Gasteiger partial charge is 0.381 e. The maximum Gasteiger partial charge on any atom is 0.248 e. The second-order valence-corrected chi connectivity index (χ2v) is 6.44. The highest BCUT2D eigenvalue weighted by Crippen LogP contribution is 2.29. The molecule has 1 saturated heterocycles. The van der Waals surface area contributed by atoms with Gasteiger partial charge in [-0.15, -0.1) is 0 Å². The normalized spacial score (nSPS) is 16.7. The molecule has 134 valence electrons. The van der Waals surface area contributed by atoms with Crippen molar-refractivity contribution in [3.05, 3.63) is 53.6 Å². The van der Waals surface area contributed by atoms with E-state index in [4.69, 9.17) is 10.5 Å². The minimum atomic E-state index is -0.399. The first-order valence-corrected chi connectivity index (χ1v) is 8.90. The van der Waals surface area contributed by atoms with Crippen LogP contribution in [0.2, 0.25) is 0 Å². The highest BCUT2D eigenvalue weighted by molar-refractivity contribution is 5.92. The number of ether oxygens (including phenoxy) is 1. The van der Waals surface area contributed by atoms with E-state index in [1.165, 1.54) is 0 Å². The van der Waals surface area contributed by atoms with Crippen LogP contribution < -0.4 is 11.1 Å². The number of nitrogens with two attached hydrogens (primary N) is 1. The molecule has 1 atom stereocenters. The monoisotopic (exact) mass is 342 g/mol. The van der Waals surface area contributed by atoms with Crippen LogP contribution in [0.5, 0.6) is 0 Å². The highest BCUT2D eigenvalue weighted by Gasteiger charge is 2.28. The molecular weight excluding hydrogens is 316 g/mol. The molecule has 2 heterocycles. The van der Waals surface area contributed by atoms with E-state index in [0.717, 1.165) is 44.0 Å². The van der Waals surface area contributed by atoms with Crippen molar-refractivity contribution in [3.63, 3.8) is 0 Å². The molecule has 1 unspecified atom stereocenters. The lowest BCUT2D eigenvalue weighted by Gasteiger charge is -2.31. The van der Waals surface area contributed by atoms with Crippen molar-refractivity contribution in [3.8, 4) is 0 Å². The maximum atomic E-state index is 11.4. The Kier molecular flexibility index (Phi) is 5.83. The third-order valence-electron chi connectivity index (χ3n) is 4.84. The Hall–Kier alpha value is -2.18. The van der Waals surface area contributed by atoms with Crippen molar-refractivity contribution in [2.45, 2.75) is 38.9 Å². The molecule has 3 rings (SSSR count). The molecule has 0 radical (unpaired) electrons. The number of primary amides is 1. The molecule has 1 aliphatic heterocycles. The summed E-state index contributed by atoms with van der Waals surface area (Å²) in [6.45, 7) is 5.29. The summed E-state index contributed by atoms with van der Waals surface area (Å²) in [5.74, 6) is 1.16. The number of hydrogen-bond acceptors (Lipinski definition) is 4. The van der Waals surface area contributed by atoms with E-state index in [1.807, 2.05) is 30.6 Å². The van der Waals surface area contributed by atoms with E-state index in [1.54, 1.807) is 6.07 Å². The SMILES string of the molecule is CCn1ccnc1C(NCc1cccc(C(N)=O)c1)C1CCOCC1. The minimum absolute atomic E-state index is 0.163. The Labute approximate surface area is 148 Å². The van der Waals surface area contributed by atoms with Gasteiger partial charge in [-0.2, -0.15) is 0 Å². The van der Waals surface area contributed by atoms with E-state index in [0.29, 0.717) is 18.0 Å². The molecule has 1 aromatic carbocycles. The van der Waals surface area contributed by atoms with Crippen molar-refractivity contribution in [1.82, 2.24) is 14.9 Å². The number of aryl methyl sites for hydroxylation is 1. The molecule has 6 heteroatoms. The van der Waals surface area contributed by atoms with Gasteiger partial charge in [-0.25, -0.2) is 4.98 Å². The Bertz CT molecular complexity index is 707. The second-order valence-electron chi connectivity index (χ2n) is 6.44. The van der Waals surface area contributed by atoms with Crippen LogP contribution in [0.4, 0.5) is 0 Å². The van der Waals surface area contributed by atoms with E-state index in [9.17, 15) is 4.79 Å². The zero-order valence-electron chi connectivity index (χ0n) is 14.6. The molecule has 0 saturated carbocycles. The van der Waals surface area contributed by atoms with Gasteiger partial charge in [-0.05, 0) is 43.4 Å². The molecule has 0 aliphatic carbocycles. The molecule has 0 bridgehead atoms. The Morgan fingerprint density at radius 2 is 2.24 bits per heavy atom. The summed E-state index contributed by atoms with van der Waals surface area (Å²) in [6.07, 6.45) is 5.93. The highest BCUT2D eigenvalue weighted by atomic mass is 16.5. The summed E-state index contributed by atoms with van der Waals surface area (Å²) < 4.78 is 7.71. The van der Waals surface area contributed by atoms with Gasteiger partial charge in [0, 0.05) is 44.3 Å². The maximum absolute atomic E-state index is 11.4. The molecule has 2 aromatic rings. The molecule has 1 fully saturated rings. The third kappa shape index (κ3) is 4.27. The first-order chi connectivity index (χ1) is 12.2. The predicted octanol–water partition coefficient (Wildman–Crippen LogP) is 2.26. The number of nitrogens with zero attached hydrogens (tertiary/aromatic N) is 2. The molecule has 1 aliphatic rings. The summed E-state index contributed by atoms with van der Waals surface area (Å²) in [5.41, 5.74) is 6.97. The van der Waals surface area contributed by atoms with Crippen LogP contribution in [-0.4, -0.2) is 28.7 Å². The van der Waals surface area contributed by atoms with Crippen molar-refractivity contribution >= 4 is 5.91 Å². The number of carbonyl (C=O) groups is 1. The number of benzene rings is 1. The van der Waals surface area contributed by atoms with Crippen LogP contribution in [0.15, 0.2) is 36.7 Å². The summed E-state index contributed by atoms with van der Waals surface area (Å²) in [5, 5.41) is 3.66. The van der Waals surface area contributed by atoms with Crippen molar-refractivity contribution in [1.29, 1.82) is 0 Å². The number of amides is 1. The van der Waals surface area contributed by atoms with Gasteiger partial charge < -0.3 is 20.4 Å². The van der Waals surface area contributed by atoms with Crippen LogP contribution in [-0.2, 0) is 17.8 Å². The van der Waals surface area contributed by atoms with Crippen LogP contribution in [0.25, 0.3) is 0 Å². The number of hydrogen-bond donors (Lipinski definition) is 2. The molecule has 3 N–H and O–H groups in total. The summed E-state index contributed by atoms with van der Waals surface area (Å²) in [7, 11) is 0. The average Bonchev–Trinajstić information content (AvgIpc) is 3.11. The molecule has 0 spiro atoms. The summed E-state index contributed by atoms with van der Waals surface area (Å²) >= 11 is 0. The van der Waals surface area contributed by atoms with Gasteiger partial charge in [-0.3, -0.25) is 4.79 Å². The molecule has 6 nitrogen and oxygen atoms in total. The third-order valence-corrected chi connectivity index (χ3v) is 4.84. The molecular formula is C19H26N4O2. The first-order valence-electron chi connectivity index (χ1n) is 8.90. The average molecular weight is 342 g/mol. The van der Waals surface area contributed by atoms with Gasteiger partial charge in [-0.1, -0.05) is 12.1 Å². The lowest BCUT2D eigenvalue weighted by molar-refractivity contribution is 0.0517. The van der Waals surface area contributed by atoms with Crippen LogP contribution >= 0.6 is 0 Å². The van der Waals surface area contributed by atoms with Gasteiger partial charge in [0.15, 0.2) is 0 Å². The Morgan fingerprint density at radius 1 is 1.44 bits per heavy atom. The zero-order chi connectivity index (χ0) is 17.6. The van der Waals surface area contributed by atoms with E-state index in [-0.39, 0.29) is 6.04 Å². The summed E-state index contributed by atoms with van der Waals surface area (Å²) in [6, 6.07) is 7.63. The second kappa shape index (κ2) is 8.27. The fourth-order valence-corrected chi connectivity index (χ4v) is 3.45. The number of aromatic nitrogens is 2. The van der Waals surface area contributed by atoms with Gasteiger partial charge >= 0.3 is 0 Å². The van der Waals surface area contributed by atoms with Crippen molar-refractivity contribution in [2.24, 2.45) is 11.7 Å². The smallest absolute Gasteiger partial charge is 0.248 e. The zero-order valence-corrected chi connectivity index (χ0v) is 14.6. The Balaban J connectivity index is 1.78. The van der Waals surface area contributed by atoms with Crippen LogP contribution in [0.1, 0.15) is 47.6 Å². The molecule has 1 aromatic heterocycles. The van der Waals surface area contributed by atoms with Crippen molar-refractivity contribution < 1.29 is 9.53 Å². The fraction of sp³-hybridized carbons (Fsp3) is 0.474. The number of carbonyl (C=O) groups excluding carboxylic acids is 1. The first kappa shape index (κ1) is 17.6. The standard InChI is InChI=1S/C19H26N4O2/c1-2-23-9-8-21-19(23)17(15-6-10-25-11-7-15)22-13-14-4-3-5-16(12-14)18(20)24/h3-5,8-9,12,15,17,22H,2,6-7,10-11,13H2,1H3,(H2,20,24). The number of nitrogens with one attached hydrogen (secondary N) is 1. The fourth-order valence-electron chi connectivity index (χ4n) is 3.45. The lowest BCUT2D eigenvalue weighted by atomic mass is 9.90. The predicted molar refractivity (Wildman–Crippen MR) is 96.0 cm³/mol. The van der Waals surface area contributed by atoms with Gasteiger partial charge in [0.25, 0.3) is 0 Å². The molecule has 1 amide bonds. The van der Waals surface area contributed by atoms with Gasteiger partial charge in [0.1, 0.15) is 5.82 Å². The summed E-state index contributed by atoms with van der Waals surface area (Å²) in [4.78, 5) is 16.0. The van der Waals surface area contributed by atoms with Crippen molar-refractivity contribution in [2.75, 3.05) is 13.2 Å². The van der Waals surface area contributed by atoms with E-state index in [2.05, 4.69) is 21.8 Å². The topological polar surface area (TPSA) is 82.2 Å². The van der Waals surface area contributed by atoms with Crippen LogP contribution in [0, 0.1) is 5.92 Å².